The molecule has 1 aliphatic heterocycles. The quantitative estimate of drug-likeness (QED) is 0.509. The fourth-order valence-corrected chi connectivity index (χ4v) is 5.26. The third-order valence-electron chi connectivity index (χ3n) is 6.56. The van der Waals surface area contributed by atoms with E-state index < -0.39 is 0 Å². The molecule has 3 unspecified atom stereocenters. The molecule has 0 aromatic heterocycles. The first-order chi connectivity index (χ1) is 14.8. The molecule has 2 fully saturated rings. The van der Waals surface area contributed by atoms with E-state index in [2.05, 4.69) is 18.3 Å². The smallest absolute Gasteiger partial charge is 0.145 e. The van der Waals surface area contributed by atoms with Gasteiger partial charge in [0.1, 0.15) is 11.6 Å². The summed E-state index contributed by atoms with van der Waals surface area (Å²) in [6, 6.07) is 13.5. The number of hydrogen-bond acceptors (Lipinski definition) is 2. The average Bonchev–Trinajstić information content (AvgIpc) is 3.12. The second kappa shape index (κ2) is 10.8. The first kappa shape index (κ1) is 24.0. The van der Waals surface area contributed by atoms with Crippen molar-refractivity contribution in [1.82, 2.24) is 5.32 Å². The molecule has 0 radical (unpaired) electrons. The van der Waals surface area contributed by atoms with Gasteiger partial charge in [0.2, 0.25) is 0 Å². The Kier molecular flexibility index (Phi) is 8.33. The number of nitrogens with one attached hydrogen (secondary N) is 1. The Balaban J connectivity index is 0.000000287. The van der Waals surface area contributed by atoms with Crippen LogP contribution < -0.4 is 5.32 Å². The normalized spacial score (nSPS) is 24.7. The average molecular weight is 465 g/mol. The number of rotatable bonds is 3. The molecule has 166 valence electrons. The first-order valence-electron chi connectivity index (χ1n) is 10.8. The van der Waals surface area contributed by atoms with Crippen LogP contribution in [0.1, 0.15) is 56.9 Å². The molecule has 1 aliphatic carbocycles. The zero-order chi connectivity index (χ0) is 22.4. The van der Waals surface area contributed by atoms with Gasteiger partial charge in [0, 0.05) is 23.5 Å². The van der Waals surface area contributed by atoms with Crippen LogP contribution in [0.4, 0.5) is 8.78 Å². The number of hydrogen-bond donors (Lipinski definition) is 1. The summed E-state index contributed by atoms with van der Waals surface area (Å²) in [6.07, 6.45) is 7.37. The van der Waals surface area contributed by atoms with Crippen molar-refractivity contribution in [3.8, 4) is 6.07 Å². The van der Waals surface area contributed by atoms with Crippen LogP contribution in [0.15, 0.2) is 42.5 Å². The summed E-state index contributed by atoms with van der Waals surface area (Å²) in [4.78, 5) is 0. The van der Waals surface area contributed by atoms with Crippen molar-refractivity contribution in [2.75, 3.05) is 6.54 Å². The summed E-state index contributed by atoms with van der Waals surface area (Å²) in [6.45, 7) is 2.99. The van der Waals surface area contributed by atoms with E-state index in [1.807, 2.05) is 0 Å². The van der Waals surface area contributed by atoms with E-state index in [-0.39, 0.29) is 34.5 Å². The maximum Gasteiger partial charge on any atom is 0.145 e. The van der Waals surface area contributed by atoms with E-state index in [0.29, 0.717) is 22.5 Å². The molecule has 4 rings (SSSR count). The minimum Gasteiger partial charge on any atom is -0.312 e. The van der Waals surface area contributed by atoms with Crippen molar-refractivity contribution in [3.05, 3.63) is 69.7 Å². The number of nitrogens with zero attached hydrogens (tertiary/aromatic N) is 1. The molecule has 2 aromatic carbocycles. The van der Waals surface area contributed by atoms with Gasteiger partial charge in [-0.1, -0.05) is 67.6 Å². The highest BCUT2D eigenvalue weighted by molar-refractivity contribution is 6.31. The second-order valence-electron chi connectivity index (χ2n) is 8.93. The zero-order valence-electron chi connectivity index (χ0n) is 17.7. The van der Waals surface area contributed by atoms with Gasteiger partial charge in [-0.05, 0) is 54.5 Å². The summed E-state index contributed by atoms with van der Waals surface area (Å²) in [5.74, 6) is -0.971. The Morgan fingerprint density at radius 3 is 2.42 bits per heavy atom. The van der Waals surface area contributed by atoms with Crippen LogP contribution in [0, 0.1) is 34.3 Å². The Labute approximate surface area is 193 Å². The minimum atomic E-state index is -0.370. The first-order valence-corrected chi connectivity index (χ1v) is 11.6. The lowest BCUT2D eigenvalue weighted by Gasteiger charge is -2.36. The topological polar surface area (TPSA) is 35.8 Å². The van der Waals surface area contributed by atoms with Gasteiger partial charge in [-0.3, -0.25) is 0 Å². The predicted molar refractivity (Wildman–Crippen MR) is 122 cm³/mol. The molecular weight excluding hydrogens is 437 g/mol. The summed E-state index contributed by atoms with van der Waals surface area (Å²) >= 11 is 11.3. The monoisotopic (exact) mass is 464 g/mol. The van der Waals surface area contributed by atoms with Crippen molar-refractivity contribution >= 4 is 23.2 Å². The molecule has 31 heavy (non-hydrogen) atoms. The zero-order valence-corrected chi connectivity index (χ0v) is 19.2. The van der Waals surface area contributed by atoms with Crippen LogP contribution >= 0.6 is 23.2 Å². The molecule has 3 atom stereocenters. The van der Waals surface area contributed by atoms with Crippen LogP contribution in [0.25, 0.3) is 0 Å². The molecule has 2 aromatic rings. The van der Waals surface area contributed by atoms with Gasteiger partial charge in [-0.15, -0.1) is 0 Å². The van der Waals surface area contributed by atoms with Crippen LogP contribution in [0.3, 0.4) is 0 Å². The van der Waals surface area contributed by atoms with E-state index in [4.69, 9.17) is 23.2 Å². The molecule has 2 nitrogen and oxygen atoms in total. The van der Waals surface area contributed by atoms with Crippen LogP contribution in [-0.4, -0.2) is 12.6 Å². The van der Waals surface area contributed by atoms with E-state index in [9.17, 15) is 14.0 Å². The van der Waals surface area contributed by atoms with Crippen LogP contribution in [0.5, 0.6) is 0 Å². The Bertz CT molecular complexity index is 905. The largest absolute Gasteiger partial charge is 0.312 e. The molecule has 2 aliphatic rings. The van der Waals surface area contributed by atoms with Gasteiger partial charge in [0.25, 0.3) is 0 Å². The summed E-state index contributed by atoms with van der Waals surface area (Å²) in [5.41, 5.74) is 0.889. The molecule has 6 heteroatoms. The second-order valence-corrected chi connectivity index (χ2v) is 9.78. The SMILES string of the molecule is CC1(CC2NCC(c3cccc(Cl)c3F)C2C#N)CCCCC1.Fc1cccc(Cl)c1. The van der Waals surface area contributed by atoms with Crippen molar-refractivity contribution < 1.29 is 8.78 Å². The molecule has 0 spiro atoms. The third kappa shape index (κ3) is 6.19. The highest BCUT2D eigenvalue weighted by Crippen LogP contribution is 2.44. The summed E-state index contributed by atoms with van der Waals surface area (Å²) in [5, 5.41) is 13.8. The molecule has 0 bridgehead atoms. The van der Waals surface area contributed by atoms with Crippen molar-refractivity contribution in [3.63, 3.8) is 0 Å². The molecule has 1 saturated carbocycles. The fraction of sp³-hybridized carbons (Fsp3) is 0.480. The lowest BCUT2D eigenvalue weighted by molar-refractivity contribution is 0.172. The van der Waals surface area contributed by atoms with Gasteiger partial charge < -0.3 is 5.32 Å². The van der Waals surface area contributed by atoms with E-state index in [1.54, 1.807) is 30.3 Å². The highest BCUT2D eigenvalue weighted by Gasteiger charge is 2.42. The molecule has 0 amide bonds. The van der Waals surface area contributed by atoms with E-state index >= 15 is 0 Å². The van der Waals surface area contributed by atoms with Gasteiger partial charge in [0.15, 0.2) is 0 Å². The maximum absolute atomic E-state index is 14.4. The Morgan fingerprint density at radius 1 is 1.10 bits per heavy atom. The van der Waals surface area contributed by atoms with Crippen LogP contribution in [-0.2, 0) is 0 Å². The van der Waals surface area contributed by atoms with Gasteiger partial charge >= 0.3 is 0 Å². The molecule has 1 saturated heterocycles. The van der Waals surface area contributed by atoms with Crippen LogP contribution in [0.2, 0.25) is 10.0 Å². The van der Waals surface area contributed by atoms with Crippen molar-refractivity contribution in [1.29, 1.82) is 5.26 Å². The number of halogens is 4. The standard InChI is InChI=1S/C19H24ClFN2.C6H4ClF/c1-19(8-3-2-4-9-19)10-17-14(11-22)15(12-23-17)13-6-5-7-16(20)18(13)21;7-5-2-1-3-6(8)4-5/h5-7,14-15,17,23H,2-4,8-10,12H2,1H3;1-4H. The van der Waals surface area contributed by atoms with Crippen molar-refractivity contribution in [2.24, 2.45) is 11.3 Å². The van der Waals surface area contributed by atoms with Gasteiger partial charge in [0.05, 0.1) is 17.0 Å². The van der Waals surface area contributed by atoms with Gasteiger partial charge in [-0.25, -0.2) is 8.78 Å². The van der Waals surface area contributed by atoms with E-state index in [0.717, 1.165) is 6.42 Å². The fourth-order valence-electron chi connectivity index (χ4n) is 4.90. The predicted octanol–water partition coefficient (Wildman–Crippen LogP) is 7.51. The molecule has 1 N–H and O–H groups in total. The lowest BCUT2D eigenvalue weighted by atomic mass is 9.70. The maximum atomic E-state index is 14.4. The summed E-state index contributed by atoms with van der Waals surface area (Å²) in [7, 11) is 0. The lowest BCUT2D eigenvalue weighted by Crippen LogP contribution is -2.34. The highest BCUT2D eigenvalue weighted by atomic mass is 35.5. The molecule has 1 heterocycles. The number of benzene rings is 2. The minimum absolute atomic E-state index is 0.115. The summed E-state index contributed by atoms with van der Waals surface area (Å²) < 4.78 is 26.4. The Morgan fingerprint density at radius 2 is 1.81 bits per heavy atom. The van der Waals surface area contributed by atoms with E-state index in [1.165, 1.54) is 44.2 Å². The number of nitriles is 1. The third-order valence-corrected chi connectivity index (χ3v) is 7.08. The van der Waals surface area contributed by atoms with Gasteiger partial charge in [-0.2, -0.15) is 5.26 Å². The van der Waals surface area contributed by atoms with Crippen molar-refractivity contribution in [2.45, 2.75) is 57.4 Å². The molecular formula is C25H28Cl2F2N2. The Hall–Kier alpha value is -1.67.